The van der Waals surface area contributed by atoms with Gasteiger partial charge in [-0.15, -0.1) is 24.0 Å². The highest BCUT2D eigenvalue weighted by atomic mass is 127. The van der Waals surface area contributed by atoms with E-state index in [2.05, 4.69) is 52.9 Å². The van der Waals surface area contributed by atoms with E-state index in [9.17, 15) is 0 Å². The van der Waals surface area contributed by atoms with E-state index in [4.69, 9.17) is 4.74 Å². The van der Waals surface area contributed by atoms with Crippen LogP contribution in [-0.4, -0.2) is 67.2 Å². The minimum atomic E-state index is 0. The molecule has 9 heteroatoms. The molecule has 0 amide bonds. The van der Waals surface area contributed by atoms with Crippen molar-refractivity contribution in [1.29, 1.82) is 0 Å². The zero-order valence-electron chi connectivity index (χ0n) is 14.2. The number of halogens is 2. The molecule has 3 rings (SSSR count). The second kappa shape index (κ2) is 8.50. The highest BCUT2D eigenvalue weighted by molar-refractivity contribution is 14.0. The van der Waals surface area contributed by atoms with E-state index < -0.39 is 0 Å². The van der Waals surface area contributed by atoms with Crippen LogP contribution in [0.1, 0.15) is 13.3 Å². The van der Waals surface area contributed by atoms with Crippen LogP contribution >= 0.6 is 39.9 Å². The average molecular weight is 511 g/mol. The number of ether oxygens (including phenoxy) is 1. The maximum absolute atomic E-state index is 5.25. The minimum Gasteiger partial charge on any atom is -0.480 e. The van der Waals surface area contributed by atoms with Crippen molar-refractivity contribution in [3.05, 3.63) is 10.7 Å². The van der Waals surface area contributed by atoms with Gasteiger partial charge in [-0.1, -0.05) is 6.92 Å². The first-order chi connectivity index (χ1) is 11.1. The average Bonchev–Trinajstić information content (AvgIpc) is 3.28. The summed E-state index contributed by atoms with van der Waals surface area (Å²) in [6.07, 6.45) is 2.98. The molecule has 2 unspecified atom stereocenters. The first kappa shape index (κ1) is 19.5. The number of methoxy groups -OCH3 is 1. The number of aromatic nitrogens is 2. The number of hydrogen-bond donors (Lipinski definition) is 1. The molecule has 2 fully saturated rings. The van der Waals surface area contributed by atoms with Crippen LogP contribution in [-0.2, 0) is 0 Å². The van der Waals surface area contributed by atoms with Crippen molar-refractivity contribution in [2.24, 2.45) is 10.9 Å². The van der Waals surface area contributed by atoms with E-state index in [0.29, 0.717) is 17.9 Å². The van der Waals surface area contributed by atoms with Crippen molar-refractivity contribution in [1.82, 2.24) is 20.2 Å². The van der Waals surface area contributed by atoms with Crippen LogP contribution in [0.2, 0.25) is 0 Å². The van der Waals surface area contributed by atoms with Gasteiger partial charge >= 0.3 is 0 Å². The van der Waals surface area contributed by atoms with E-state index >= 15 is 0 Å². The van der Waals surface area contributed by atoms with Crippen LogP contribution in [0.25, 0.3) is 0 Å². The third-order valence-corrected chi connectivity index (χ3v) is 4.93. The van der Waals surface area contributed by atoms with Crippen LogP contribution in [0.4, 0.5) is 5.95 Å². The summed E-state index contributed by atoms with van der Waals surface area (Å²) in [4.78, 5) is 17.7. The molecule has 1 saturated carbocycles. The monoisotopic (exact) mass is 510 g/mol. The largest absolute Gasteiger partial charge is 0.480 e. The zero-order valence-corrected chi connectivity index (χ0v) is 18.1. The fraction of sp³-hybridized carbons (Fsp3) is 0.667. The molecule has 7 nitrogen and oxygen atoms in total. The van der Waals surface area contributed by atoms with Gasteiger partial charge in [-0.25, -0.2) is 4.98 Å². The smallest absolute Gasteiger partial charge is 0.232 e. The summed E-state index contributed by atoms with van der Waals surface area (Å²) in [5, 5.41) is 3.54. The lowest BCUT2D eigenvalue weighted by atomic mass is 10.3. The number of anilines is 1. The lowest BCUT2D eigenvalue weighted by Crippen LogP contribution is -2.53. The van der Waals surface area contributed by atoms with E-state index in [-0.39, 0.29) is 24.0 Å². The van der Waals surface area contributed by atoms with Gasteiger partial charge in [-0.05, 0) is 28.3 Å². The molecule has 1 aliphatic carbocycles. The van der Waals surface area contributed by atoms with Crippen LogP contribution in [0.5, 0.6) is 5.88 Å². The van der Waals surface area contributed by atoms with E-state index in [1.54, 1.807) is 13.3 Å². The minimum absolute atomic E-state index is 0. The van der Waals surface area contributed by atoms with Gasteiger partial charge in [-0.2, -0.15) is 4.98 Å². The van der Waals surface area contributed by atoms with Gasteiger partial charge in [0.1, 0.15) is 0 Å². The Bertz CT molecular complexity index is 593. The van der Waals surface area contributed by atoms with Gasteiger partial charge in [-0.3, -0.25) is 4.99 Å². The molecule has 0 spiro atoms. The normalized spacial score (nSPS) is 23.6. The Balaban J connectivity index is 0.00000208. The Morgan fingerprint density at radius 1 is 1.38 bits per heavy atom. The molecule has 2 heterocycles. The Morgan fingerprint density at radius 3 is 2.58 bits per heavy atom. The molecule has 2 atom stereocenters. The first-order valence-electron chi connectivity index (χ1n) is 7.92. The molecule has 0 aromatic carbocycles. The summed E-state index contributed by atoms with van der Waals surface area (Å²) < 4.78 is 6.02. The maximum atomic E-state index is 5.25. The van der Waals surface area contributed by atoms with Gasteiger partial charge in [0.25, 0.3) is 0 Å². The zero-order chi connectivity index (χ0) is 16.4. The van der Waals surface area contributed by atoms with Crippen molar-refractivity contribution < 1.29 is 4.74 Å². The fourth-order valence-corrected chi connectivity index (χ4v) is 3.10. The summed E-state index contributed by atoms with van der Waals surface area (Å²) in [7, 11) is 3.47. The number of piperazine rings is 1. The van der Waals surface area contributed by atoms with Crippen molar-refractivity contribution in [3.8, 4) is 5.88 Å². The molecular formula is C15H24BrIN6O. The fourth-order valence-electron chi connectivity index (χ4n) is 2.74. The molecule has 0 radical (unpaired) electrons. The van der Waals surface area contributed by atoms with Crippen molar-refractivity contribution in [2.45, 2.75) is 19.4 Å². The maximum Gasteiger partial charge on any atom is 0.232 e. The highest BCUT2D eigenvalue weighted by Crippen LogP contribution is 2.29. The van der Waals surface area contributed by atoms with Crippen LogP contribution in [0.3, 0.4) is 0 Å². The third kappa shape index (κ3) is 4.41. The topological polar surface area (TPSA) is 65.9 Å². The quantitative estimate of drug-likeness (QED) is 0.381. The number of nitrogens with zero attached hydrogens (tertiary/aromatic N) is 5. The standard InChI is InChI=1S/C15H23BrN6O.HI/c1-10-8-12(10)19-14(17-2)21-4-6-22(7-5-21)15-18-9-11(16)13(20-15)23-3;/h9-10,12H,4-8H2,1-3H3,(H,17,19);1H. The van der Waals surface area contributed by atoms with Crippen molar-refractivity contribution in [2.75, 3.05) is 45.2 Å². The number of aliphatic imine (C=N–C) groups is 1. The molecule has 1 aliphatic heterocycles. The van der Waals surface area contributed by atoms with E-state index in [1.165, 1.54) is 6.42 Å². The molecule has 1 saturated heterocycles. The number of nitrogens with one attached hydrogen (secondary N) is 1. The summed E-state index contributed by atoms with van der Waals surface area (Å²) in [5.74, 6) is 3.05. The van der Waals surface area contributed by atoms with Gasteiger partial charge in [0.15, 0.2) is 5.96 Å². The Hall–Kier alpha value is -0.840. The predicted octanol–water partition coefficient (Wildman–Crippen LogP) is 1.97. The Labute approximate surface area is 168 Å². The van der Waals surface area contributed by atoms with Gasteiger partial charge < -0.3 is 19.9 Å². The lowest BCUT2D eigenvalue weighted by molar-refractivity contribution is 0.365. The molecule has 24 heavy (non-hydrogen) atoms. The van der Waals surface area contributed by atoms with Crippen molar-refractivity contribution in [3.63, 3.8) is 0 Å². The summed E-state index contributed by atoms with van der Waals surface area (Å²) in [5.41, 5.74) is 0. The van der Waals surface area contributed by atoms with Crippen LogP contribution in [0, 0.1) is 5.92 Å². The SMILES string of the molecule is CN=C(NC1CC1C)N1CCN(c2ncc(Br)c(OC)n2)CC1.I. The summed E-state index contributed by atoms with van der Waals surface area (Å²) in [6.45, 7) is 5.81. The molecule has 134 valence electrons. The Morgan fingerprint density at radius 2 is 2.04 bits per heavy atom. The first-order valence-corrected chi connectivity index (χ1v) is 8.71. The number of rotatable bonds is 3. The summed E-state index contributed by atoms with van der Waals surface area (Å²) in [6, 6.07) is 0.589. The van der Waals surface area contributed by atoms with Crippen LogP contribution in [0.15, 0.2) is 15.7 Å². The lowest BCUT2D eigenvalue weighted by Gasteiger charge is -2.36. The number of guanidine groups is 1. The third-order valence-electron chi connectivity index (χ3n) is 4.39. The molecule has 1 N–H and O–H groups in total. The molecule has 1 aromatic rings. The molecular weight excluding hydrogens is 487 g/mol. The molecule has 1 aromatic heterocycles. The predicted molar refractivity (Wildman–Crippen MR) is 110 cm³/mol. The number of hydrogen-bond acceptors (Lipinski definition) is 5. The van der Waals surface area contributed by atoms with E-state index in [0.717, 1.165) is 42.5 Å². The van der Waals surface area contributed by atoms with Gasteiger partial charge in [0, 0.05) is 39.3 Å². The second-order valence-corrected chi connectivity index (χ2v) is 6.87. The van der Waals surface area contributed by atoms with Gasteiger partial charge in [0.2, 0.25) is 11.8 Å². The molecule has 0 bridgehead atoms. The summed E-state index contributed by atoms with van der Waals surface area (Å²) >= 11 is 3.39. The Kier molecular flexibility index (Phi) is 6.90. The second-order valence-electron chi connectivity index (χ2n) is 6.01. The molecule has 2 aliphatic rings. The van der Waals surface area contributed by atoms with E-state index in [1.807, 2.05) is 7.05 Å². The van der Waals surface area contributed by atoms with Crippen LogP contribution < -0.4 is 15.0 Å². The van der Waals surface area contributed by atoms with Crippen molar-refractivity contribution >= 4 is 51.8 Å². The highest BCUT2D eigenvalue weighted by Gasteiger charge is 2.34. The van der Waals surface area contributed by atoms with Gasteiger partial charge in [0.05, 0.1) is 17.8 Å².